The summed E-state index contributed by atoms with van der Waals surface area (Å²) in [6.07, 6.45) is 0. The molecule has 0 saturated heterocycles. The number of amides is 1. The Morgan fingerprint density at radius 1 is 0.969 bits per heavy atom. The zero-order chi connectivity index (χ0) is 22.6. The highest BCUT2D eigenvalue weighted by Gasteiger charge is 2.43. The Labute approximate surface area is 192 Å². The Bertz CT molecular complexity index is 1450. The van der Waals surface area contributed by atoms with E-state index in [9.17, 15) is 14.4 Å². The number of carbonyl (C=O) groups excluding carboxylic acids is 2. The molecule has 3 aromatic carbocycles. The average molecular weight is 488 g/mol. The van der Waals surface area contributed by atoms with E-state index in [1.807, 2.05) is 31.2 Å². The fraction of sp³-hybridized carbons (Fsp3) is 0.115. The number of ketones is 1. The number of carbonyl (C=O) groups is 2. The molecule has 0 spiro atoms. The lowest BCUT2D eigenvalue weighted by atomic mass is 9.97. The van der Waals surface area contributed by atoms with Crippen molar-refractivity contribution in [1.82, 2.24) is 0 Å². The molecule has 0 aliphatic carbocycles. The topological polar surface area (TPSA) is 67.6 Å². The molecule has 1 aliphatic rings. The van der Waals surface area contributed by atoms with E-state index in [1.54, 1.807) is 47.4 Å². The monoisotopic (exact) mass is 487 g/mol. The molecule has 1 aliphatic heterocycles. The Hall–Kier alpha value is -3.51. The van der Waals surface area contributed by atoms with Gasteiger partial charge in [-0.25, -0.2) is 0 Å². The van der Waals surface area contributed by atoms with Crippen LogP contribution in [0.2, 0.25) is 0 Å². The van der Waals surface area contributed by atoms with Crippen molar-refractivity contribution in [1.29, 1.82) is 0 Å². The second-order valence-electron chi connectivity index (χ2n) is 7.91. The second-order valence-corrected chi connectivity index (χ2v) is 8.82. The molecule has 0 N–H and O–H groups in total. The van der Waals surface area contributed by atoms with Crippen molar-refractivity contribution in [2.75, 3.05) is 4.90 Å². The lowest BCUT2D eigenvalue weighted by Crippen LogP contribution is -2.29. The van der Waals surface area contributed by atoms with Crippen molar-refractivity contribution in [2.24, 2.45) is 0 Å². The van der Waals surface area contributed by atoms with Gasteiger partial charge in [0.1, 0.15) is 5.58 Å². The molecule has 1 unspecified atom stereocenters. The van der Waals surface area contributed by atoms with Gasteiger partial charge < -0.3 is 4.42 Å². The third-order valence-electron chi connectivity index (χ3n) is 5.78. The molecule has 0 fully saturated rings. The summed E-state index contributed by atoms with van der Waals surface area (Å²) in [6.45, 7) is 3.47. The zero-order valence-corrected chi connectivity index (χ0v) is 19.0. The van der Waals surface area contributed by atoms with E-state index in [2.05, 4.69) is 15.9 Å². The van der Waals surface area contributed by atoms with Gasteiger partial charge in [-0.3, -0.25) is 19.3 Å². The van der Waals surface area contributed by atoms with Gasteiger partial charge >= 0.3 is 0 Å². The van der Waals surface area contributed by atoms with E-state index < -0.39 is 6.04 Å². The van der Waals surface area contributed by atoms with Gasteiger partial charge in [0.15, 0.2) is 11.2 Å². The van der Waals surface area contributed by atoms with E-state index in [0.717, 1.165) is 15.6 Å². The fourth-order valence-electron chi connectivity index (χ4n) is 4.13. The molecule has 4 aromatic rings. The minimum Gasteiger partial charge on any atom is -0.450 e. The quantitative estimate of drug-likeness (QED) is 0.341. The summed E-state index contributed by atoms with van der Waals surface area (Å²) in [4.78, 5) is 40.4. The van der Waals surface area contributed by atoms with Gasteiger partial charge in [0.2, 0.25) is 5.76 Å². The van der Waals surface area contributed by atoms with Gasteiger partial charge in [-0.15, -0.1) is 0 Å². The number of aryl methyl sites for hydroxylation is 1. The number of fused-ring (bicyclic) bond motifs is 2. The molecule has 158 valence electrons. The first-order chi connectivity index (χ1) is 15.3. The number of halogens is 1. The molecule has 0 bridgehead atoms. The van der Waals surface area contributed by atoms with Crippen LogP contribution in [0.3, 0.4) is 0 Å². The fourth-order valence-corrected chi connectivity index (χ4v) is 4.49. The van der Waals surface area contributed by atoms with E-state index >= 15 is 0 Å². The van der Waals surface area contributed by atoms with Gasteiger partial charge in [0.25, 0.3) is 5.91 Å². The first-order valence-electron chi connectivity index (χ1n) is 10.1. The van der Waals surface area contributed by atoms with Crippen LogP contribution in [0.4, 0.5) is 5.69 Å². The summed E-state index contributed by atoms with van der Waals surface area (Å²) in [5.41, 5.74) is 3.47. The van der Waals surface area contributed by atoms with E-state index in [1.165, 1.54) is 6.92 Å². The van der Waals surface area contributed by atoms with Crippen molar-refractivity contribution in [3.8, 4) is 0 Å². The molecular weight excluding hydrogens is 470 g/mol. The predicted molar refractivity (Wildman–Crippen MR) is 126 cm³/mol. The zero-order valence-electron chi connectivity index (χ0n) is 17.4. The second kappa shape index (κ2) is 7.57. The highest BCUT2D eigenvalue weighted by atomic mass is 79.9. The lowest BCUT2D eigenvalue weighted by molar-refractivity contribution is 0.0970. The van der Waals surface area contributed by atoms with Crippen LogP contribution in [-0.4, -0.2) is 11.7 Å². The van der Waals surface area contributed by atoms with Crippen LogP contribution in [0.25, 0.3) is 11.0 Å². The van der Waals surface area contributed by atoms with E-state index in [-0.39, 0.29) is 22.9 Å². The van der Waals surface area contributed by atoms with Crippen molar-refractivity contribution in [3.05, 3.63) is 109 Å². The highest BCUT2D eigenvalue weighted by Crippen LogP contribution is 2.41. The molecule has 5 nitrogen and oxygen atoms in total. The maximum absolute atomic E-state index is 13.6. The summed E-state index contributed by atoms with van der Waals surface area (Å²) in [5, 5.41) is 0.414. The predicted octanol–water partition coefficient (Wildman–Crippen LogP) is 5.82. The molecule has 1 amide bonds. The van der Waals surface area contributed by atoms with Crippen LogP contribution in [0, 0.1) is 6.92 Å². The Balaban J connectivity index is 1.77. The first-order valence-corrected chi connectivity index (χ1v) is 10.9. The van der Waals surface area contributed by atoms with Crippen LogP contribution < -0.4 is 10.3 Å². The van der Waals surface area contributed by atoms with Gasteiger partial charge in [-0.2, -0.15) is 0 Å². The highest BCUT2D eigenvalue weighted by molar-refractivity contribution is 9.10. The maximum atomic E-state index is 13.6. The number of hydrogen-bond acceptors (Lipinski definition) is 4. The largest absolute Gasteiger partial charge is 0.450 e. The normalized spacial score (nSPS) is 15.3. The van der Waals surface area contributed by atoms with E-state index in [0.29, 0.717) is 27.8 Å². The molecule has 1 atom stereocenters. The molecule has 0 radical (unpaired) electrons. The van der Waals surface area contributed by atoms with Gasteiger partial charge in [0, 0.05) is 15.7 Å². The molecular formula is C26H18BrNO4. The van der Waals surface area contributed by atoms with Crippen molar-refractivity contribution >= 4 is 44.3 Å². The van der Waals surface area contributed by atoms with E-state index in [4.69, 9.17) is 4.42 Å². The van der Waals surface area contributed by atoms with Gasteiger partial charge in [0.05, 0.1) is 17.0 Å². The average Bonchev–Trinajstić information content (AvgIpc) is 3.07. The third-order valence-corrected chi connectivity index (χ3v) is 6.27. The van der Waals surface area contributed by atoms with Crippen LogP contribution >= 0.6 is 15.9 Å². The van der Waals surface area contributed by atoms with Crippen molar-refractivity contribution < 1.29 is 14.0 Å². The minimum atomic E-state index is -0.638. The molecule has 0 saturated carbocycles. The lowest BCUT2D eigenvalue weighted by Gasteiger charge is -2.25. The van der Waals surface area contributed by atoms with Crippen LogP contribution in [0.15, 0.2) is 80.4 Å². The third kappa shape index (κ3) is 3.19. The van der Waals surface area contributed by atoms with Crippen LogP contribution in [0.1, 0.15) is 50.6 Å². The molecule has 2 heterocycles. The number of anilines is 1. The van der Waals surface area contributed by atoms with Crippen molar-refractivity contribution in [2.45, 2.75) is 19.9 Å². The SMILES string of the molecule is CC(=O)c1ccc(N2C(=O)c3oc4ccc(Br)cc4c(=O)c3C2c2ccc(C)cc2)cc1. The molecule has 5 rings (SSSR count). The Kier molecular flexibility index (Phi) is 4.82. The number of rotatable bonds is 3. The summed E-state index contributed by atoms with van der Waals surface area (Å²) in [7, 11) is 0. The van der Waals surface area contributed by atoms with Crippen molar-refractivity contribution in [3.63, 3.8) is 0 Å². The maximum Gasteiger partial charge on any atom is 0.295 e. The van der Waals surface area contributed by atoms with Crippen LogP contribution in [0.5, 0.6) is 0 Å². The smallest absolute Gasteiger partial charge is 0.295 e. The molecule has 32 heavy (non-hydrogen) atoms. The minimum absolute atomic E-state index is 0.0473. The Morgan fingerprint density at radius 2 is 1.66 bits per heavy atom. The van der Waals surface area contributed by atoms with Gasteiger partial charge in [-0.05, 0) is 61.9 Å². The Morgan fingerprint density at radius 3 is 2.31 bits per heavy atom. The number of nitrogens with zero attached hydrogens (tertiary/aromatic N) is 1. The number of benzene rings is 3. The van der Waals surface area contributed by atoms with Gasteiger partial charge in [-0.1, -0.05) is 45.8 Å². The summed E-state index contributed by atoms with van der Waals surface area (Å²) < 4.78 is 6.73. The summed E-state index contributed by atoms with van der Waals surface area (Å²) >= 11 is 3.41. The molecule has 6 heteroatoms. The summed E-state index contributed by atoms with van der Waals surface area (Å²) in [6, 6.07) is 19.1. The summed E-state index contributed by atoms with van der Waals surface area (Å²) in [5.74, 6) is -0.398. The number of Topliss-reactive ketones (excluding diaryl/α,β-unsaturated/α-hetero) is 1. The first kappa shape index (κ1) is 20.4. The van der Waals surface area contributed by atoms with Crippen LogP contribution in [-0.2, 0) is 0 Å². The standard InChI is InChI=1S/C26H18BrNO4/c1-14-3-5-17(6-4-14)23-22-24(30)20-13-18(27)9-12-21(20)32-25(22)26(31)28(23)19-10-7-16(8-11-19)15(2)29/h3-13,23H,1-2H3. The number of hydrogen-bond donors (Lipinski definition) is 0. The molecule has 1 aromatic heterocycles.